The van der Waals surface area contributed by atoms with Gasteiger partial charge in [0.2, 0.25) is 0 Å². The Morgan fingerprint density at radius 3 is 0.905 bits per heavy atom. The summed E-state index contributed by atoms with van der Waals surface area (Å²) in [4.78, 5) is 0. The van der Waals surface area contributed by atoms with Crippen molar-refractivity contribution in [1.82, 2.24) is 0 Å². The summed E-state index contributed by atoms with van der Waals surface area (Å²) in [5.74, 6) is 3.38. The molecule has 344 valence electrons. The minimum atomic E-state index is -0.602. The molecule has 0 atom stereocenters. The Kier molecular flexibility index (Phi) is 20.6. The van der Waals surface area contributed by atoms with Gasteiger partial charge >= 0.3 is 0 Å². The van der Waals surface area contributed by atoms with Gasteiger partial charge in [0.15, 0.2) is 23.0 Å². The first-order valence-electron chi connectivity index (χ1n) is 25.5. The van der Waals surface area contributed by atoms with Crippen LogP contribution in [0.1, 0.15) is 204 Å². The highest BCUT2D eigenvalue weighted by molar-refractivity contribution is 9.10. The molecule has 2 aliphatic rings. The number of halogens is 2. The van der Waals surface area contributed by atoms with E-state index in [0.717, 1.165) is 57.6 Å². The third-order valence-electron chi connectivity index (χ3n) is 13.3. The van der Waals surface area contributed by atoms with E-state index in [1.54, 1.807) is 0 Å². The van der Waals surface area contributed by atoms with Crippen molar-refractivity contribution in [2.75, 3.05) is 26.4 Å². The first-order valence-corrected chi connectivity index (χ1v) is 27.0. The average Bonchev–Trinajstić information content (AvgIpc) is 3.72. The van der Waals surface area contributed by atoms with E-state index < -0.39 is 5.41 Å². The van der Waals surface area contributed by atoms with Gasteiger partial charge in [-0.1, -0.05) is 200 Å². The second kappa shape index (κ2) is 26.3. The fraction of sp³-hybridized carbons (Fsp3) is 0.579. The number of hydrogen-bond acceptors (Lipinski definition) is 4. The molecule has 1 spiro atoms. The summed E-state index contributed by atoms with van der Waals surface area (Å²) in [6.45, 7) is 11.8. The highest BCUT2D eigenvalue weighted by Crippen LogP contribution is 2.65. The van der Waals surface area contributed by atoms with E-state index in [1.165, 1.54) is 173 Å². The van der Waals surface area contributed by atoms with Crippen molar-refractivity contribution in [3.05, 3.63) is 91.9 Å². The zero-order valence-electron chi connectivity index (χ0n) is 39.5. The molecular weight excluding hydrogens is 908 g/mol. The van der Waals surface area contributed by atoms with Crippen molar-refractivity contribution in [3.8, 4) is 45.3 Å². The highest BCUT2D eigenvalue weighted by atomic mass is 79.9. The second-order valence-corrected chi connectivity index (χ2v) is 20.1. The van der Waals surface area contributed by atoms with E-state index in [4.69, 9.17) is 18.9 Å². The van der Waals surface area contributed by atoms with E-state index >= 15 is 0 Å². The molecule has 0 heterocycles. The number of benzene rings is 4. The van der Waals surface area contributed by atoms with Gasteiger partial charge in [0, 0.05) is 8.95 Å². The summed E-state index contributed by atoms with van der Waals surface area (Å²) in [6, 6.07) is 22.9. The van der Waals surface area contributed by atoms with Crippen LogP contribution < -0.4 is 18.9 Å². The van der Waals surface area contributed by atoms with Gasteiger partial charge in [-0.2, -0.15) is 0 Å². The summed E-state index contributed by atoms with van der Waals surface area (Å²) in [6.07, 6.45) is 29.3. The zero-order valence-corrected chi connectivity index (χ0v) is 42.6. The van der Waals surface area contributed by atoms with Gasteiger partial charge in [-0.05, 0) is 119 Å². The minimum Gasteiger partial charge on any atom is -0.490 e. The number of ether oxygens (including phenoxy) is 4. The molecule has 0 aromatic heterocycles. The smallest absolute Gasteiger partial charge is 0.161 e. The fourth-order valence-electron chi connectivity index (χ4n) is 9.89. The molecule has 2 aliphatic carbocycles. The zero-order chi connectivity index (χ0) is 44.3. The van der Waals surface area contributed by atoms with E-state index in [1.807, 2.05) is 0 Å². The Bertz CT molecular complexity index is 1860. The van der Waals surface area contributed by atoms with E-state index in [9.17, 15) is 0 Å². The van der Waals surface area contributed by atoms with Crippen LogP contribution in [0.2, 0.25) is 0 Å². The van der Waals surface area contributed by atoms with Gasteiger partial charge < -0.3 is 18.9 Å². The largest absolute Gasteiger partial charge is 0.490 e. The van der Waals surface area contributed by atoms with Crippen LogP contribution in [-0.4, -0.2) is 26.4 Å². The fourth-order valence-corrected chi connectivity index (χ4v) is 10.6. The monoisotopic (exact) mass is 984 g/mol. The lowest BCUT2D eigenvalue weighted by Gasteiger charge is -2.31. The molecule has 6 heteroatoms. The number of hydrogen-bond donors (Lipinski definition) is 0. The molecule has 4 nitrogen and oxygen atoms in total. The Morgan fingerprint density at radius 1 is 0.317 bits per heavy atom. The van der Waals surface area contributed by atoms with Gasteiger partial charge in [-0.3, -0.25) is 0 Å². The maximum atomic E-state index is 6.86. The van der Waals surface area contributed by atoms with Crippen LogP contribution in [0.4, 0.5) is 0 Å². The topological polar surface area (TPSA) is 36.9 Å². The molecule has 0 fully saturated rings. The Balaban J connectivity index is 1.45. The Hall–Kier alpha value is -2.96. The third kappa shape index (κ3) is 12.7. The molecular formula is C57H78Br2O4. The van der Waals surface area contributed by atoms with Crippen LogP contribution in [0.5, 0.6) is 23.0 Å². The van der Waals surface area contributed by atoms with Crippen LogP contribution in [0.3, 0.4) is 0 Å². The molecule has 0 radical (unpaired) electrons. The SMILES string of the molecule is CCCCCCCCOc1cc2c(cc1OCCCCCCCC)C1(c3cc(Br)ccc3-c3ccc(Br)cc31)c1cc(OCCCCCCCC)c(OCCCCCCCC)cc1-2. The van der Waals surface area contributed by atoms with Gasteiger partial charge in [-0.15, -0.1) is 0 Å². The predicted octanol–water partition coefficient (Wildman–Crippen LogP) is 18.5. The summed E-state index contributed by atoms with van der Waals surface area (Å²) < 4.78 is 29.5. The van der Waals surface area contributed by atoms with Crippen molar-refractivity contribution in [2.45, 2.75) is 187 Å². The molecule has 4 aromatic carbocycles. The molecule has 0 unspecified atom stereocenters. The standard InChI is InChI=1S/C57H78Br2O4/c1-5-9-13-17-21-25-33-60-53-39-47-48-40-54(61-34-26-22-18-14-10-6-2)56(63-36-28-24-20-16-12-8-4)42-52(48)57(51(47)41-55(53)62-35-27-23-19-15-11-7-3)49-37-43(58)29-31-45(49)46-32-30-44(59)38-50(46)57/h29-32,37-42H,5-28,33-36H2,1-4H3. The normalized spacial score (nSPS) is 12.9. The first-order chi connectivity index (χ1) is 31.0. The average molecular weight is 987 g/mol. The molecule has 0 bridgehead atoms. The number of unbranched alkanes of at least 4 members (excludes halogenated alkanes) is 20. The molecule has 4 aromatic rings. The Morgan fingerprint density at radius 2 is 0.587 bits per heavy atom. The van der Waals surface area contributed by atoms with Crippen molar-refractivity contribution in [3.63, 3.8) is 0 Å². The van der Waals surface area contributed by atoms with Crippen molar-refractivity contribution in [1.29, 1.82) is 0 Å². The summed E-state index contributed by atoms with van der Waals surface area (Å²) >= 11 is 7.85. The summed E-state index contributed by atoms with van der Waals surface area (Å²) in [5.41, 5.74) is 9.29. The van der Waals surface area contributed by atoms with Crippen LogP contribution in [-0.2, 0) is 5.41 Å². The highest BCUT2D eigenvalue weighted by Gasteiger charge is 2.53. The summed E-state index contributed by atoms with van der Waals surface area (Å²) in [5, 5.41) is 0. The van der Waals surface area contributed by atoms with Crippen LogP contribution in [0.15, 0.2) is 69.6 Å². The first kappa shape index (κ1) is 49.5. The molecule has 0 aliphatic heterocycles. The van der Waals surface area contributed by atoms with Crippen molar-refractivity contribution < 1.29 is 18.9 Å². The summed E-state index contributed by atoms with van der Waals surface area (Å²) in [7, 11) is 0. The van der Waals surface area contributed by atoms with Gasteiger partial charge in [-0.25, -0.2) is 0 Å². The van der Waals surface area contributed by atoms with Crippen molar-refractivity contribution >= 4 is 31.9 Å². The third-order valence-corrected chi connectivity index (χ3v) is 14.3. The van der Waals surface area contributed by atoms with Gasteiger partial charge in [0.1, 0.15) is 0 Å². The molecule has 0 N–H and O–H groups in total. The van der Waals surface area contributed by atoms with Gasteiger partial charge in [0.05, 0.1) is 31.8 Å². The molecule has 0 amide bonds. The van der Waals surface area contributed by atoms with E-state index in [2.05, 4.69) is 120 Å². The molecule has 63 heavy (non-hydrogen) atoms. The van der Waals surface area contributed by atoms with Crippen molar-refractivity contribution in [2.24, 2.45) is 0 Å². The number of rotatable bonds is 32. The van der Waals surface area contributed by atoms with E-state index in [-0.39, 0.29) is 0 Å². The second-order valence-electron chi connectivity index (χ2n) is 18.3. The minimum absolute atomic E-state index is 0.602. The Labute approximate surface area is 399 Å². The van der Waals surface area contributed by atoms with E-state index in [0.29, 0.717) is 26.4 Å². The number of fused-ring (bicyclic) bond motifs is 10. The molecule has 6 rings (SSSR count). The maximum Gasteiger partial charge on any atom is 0.161 e. The van der Waals surface area contributed by atoms with Crippen LogP contribution in [0, 0.1) is 0 Å². The van der Waals surface area contributed by atoms with Gasteiger partial charge in [0.25, 0.3) is 0 Å². The molecule has 0 saturated carbocycles. The lowest BCUT2D eigenvalue weighted by atomic mass is 9.70. The van der Waals surface area contributed by atoms with Crippen LogP contribution in [0.25, 0.3) is 22.3 Å². The predicted molar refractivity (Wildman–Crippen MR) is 274 cm³/mol. The maximum absolute atomic E-state index is 6.86. The lowest BCUT2D eigenvalue weighted by Crippen LogP contribution is -2.26. The lowest BCUT2D eigenvalue weighted by molar-refractivity contribution is 0.258. The quantitative estimate of drug-likeness (QED) is 0.0395. The molecule has 0 saturated heterocycles. The van der Waals surface area contributed by atoms with Crippen LogP contribution >= 0.6 is 31.9 Å².